The van der Waals surface area contributed by atoms with Crippen LogP contribution in [0, 0.1) is 5.92 Å². The molecule has 2 rings (SSSR count). The van der Waals surface area contributed by atoms with Gasteiger partial charge in [0.05, 0.1) is 5.92 Å². The van der Waals surface area contributed by atoms with Crippen molar-refractivity contribution >= 4 is 30.7 Å². The summed E-state index contributed by atoms with van der Waals surface area (Å²) in [6.07, 6.45) is 5.02. The van der Waals surface area contributed by atoms with Crippen molar-refractivity contribution in [2.24, 2.45) is 11.7 Å². The zero-order valence-electron chi connectivity index (χ0n) is 12.6. The quantitative estimate of drug-likeness (QED) is 0.862. The Labute approximate surface area is 135 Å². The Bertz CT molecular complexity index is 296. The molecule has 2 heterocycles. The summed E-state index contributed by atoms with van der Waals surface area (Å²) in [5.41, 5.74) is 5.84. The maximum atomic E-state index is 12.3. The highest BCUT2D eigenvalue weighted by atomic mass is 35.5. The number of piperidine rings is 1. The van der Waals surface area contributed by atoms with E-state index in [2.05, 4.69) is 4.90 Å². The van der Waals surface area contributed by atoms with Crippen molar-refractivity contribution in [2.45, 2.75) is 51.6 Å². The van der Waals surface area contributed by atoms with Crippen molar-refractivity contribution in [3.05, 3.63) is 0 Å². The fourth-order valence-electron chi connectivity index (χ4n) is 3.07. The van der Waals surface area contributed by atoms with E-state index >= 15 is 0 Å². The minimum Gasteiger partial charge on any atom is -0.341 e. The Morgan fingerprint density at radius 3 is 2.25 bits per heavy atom. The second-order valence-electron chi connectivity index (χ2n) is 5.97. The van der Waals surface area contributed by atoms with E-state index < -0.39 is 0 Å². The number of likely N-dealkylation sites (tertiary alicyclic amines) is 2. The van der Waals surface area contributed by atoms with Crippen molar-refractivity contribution in [2.75, 3.05) is 26.2 Å². The van der Waals surface area contributed by atoms with Gasteiger partial charge in [-0.2, -0.15) is 0 Å². The lowest BCUT2D eigenvalue weighted by molar-refractivity contribution is -0.137. The minimum absolute atomic E-state index is 0. The Hall–Kier alpha value is -0.0300. The molecule has 2 N–H and O–H groups in total. The summed E-state index contributed by atoms with van der Waals surface area (Å²) < 4.78 is 0. The maximum Gasteiger partial charge on any atom is 0.227 e. The van der Waals surface area contributed by atoms with Crippen molar-refractivity contribution in [3.63, 3.8) is 0 Å². The van der Waals surface area contributed by atoms with E-state index in [1.807, 2.05) is 18.7 Å². The van der Waals surface area contributed by atoms with E-state index in [1.165, 1.54) is 32.4 Å². The summed E-state index contributed by atoms with van der Waals surface area (Å²) in [7, 11) is 0. The Morgan fingerprint density at radius 2 is 1.70 bits per heavy atom. The molecule has 1 amide bonds. The van der Waals surface area contributed by atoms with Crippen LogP contribution in [0.15, 0.2) is 0 Å². The predicted octanol–water partition coefficient (Wildman–Crippen LogP) is 1.90. The van der Waals surface area contributed by atoms with E-state index in [0.29, 0.717) is 6.04 Å². The molecule has 0 aromatic carbocycles. The Balaban J connectivity index is 0.00000180. The molecule has 6 heteroatoms. The fraction of sp³-hybridized carbons (Fsp3) is 0.929. The van der Waals surface area contributed by atoms with Gasteiger partial charge in [-0.05, 0) is 45.7 Å². The van der Waals surface area contributed by atoms with Crippen LogP contribution in [-0.2, 0) is 4.79 Å². The lowest BCUT2D eigenvalue weighted by atomic mass is 9.99. The van der Waals surface area contributed by atoms with E-state index in [0.717, 1.165) is 19.5 Å². The lowest BCUT2D eigenvalue weighted by Crippen LogP contribution is -2.51. The zero-order valence-corrected chi connectivity index (χ0v) is 14.2. The molecule has 0 aliphatic carbocycles. The minimum atomic E-state index is -0.0534. The smallest absolute Gasteiger partial charge is 0.227 e. The largest absolute Gasteiger partial charge is 0.341 e. The van der Waals surface area contributed by atoms with Crippen LogP contribution in [0.2, 0.25) is 0 Å². The van der Waals surface area contributed by atoms with Gasteiger partial charge in [0.1, 0.15) is 0 Å². The number of hydrogen-bond donors (Lipinski definition) is 1. The summed E-state index contributed by atoms with van der Waals surface area (Å²) in [5.74, 6) is 0.191. The molecule has 0 saturated carbocycles. The second kappa shape index (κ2) is 9.08. The molecule has 0 aromatic heterocycles. The lowest BCUT2D eigenvalue weighted by Gasteiger charge is -2.39. The fourth-order valence-corrected chi connectivity index (χ4v) is 3.07. The number of halogens is 2. The number of rotatable bonds is 3. The molecule has 0 bridgehead atoms. The maximum absolute atomic E-state index is 12.3. The number of carbonyl (C=O) groups excluding carboxylic acids is 1. The number of nitrogens with zero attached hydrogens (tertiary/aromatic N) is 2. The van der Waals surface area contributed by atoms with Crippen LogP contribution in [0.4, 0.5) is 0 Å². The van der Waals surface area contributed by atoms with Crippen molar-refractivity contribution in [3.8, 4) is 0 Å². The van der Waals surface area contributed by atoms with Gasteiger partial charge in [0.2, 0.25) is 5.91 Å². The number of nitrogens with two attached hydrogens (primary N) is 1. The third-order valence-corrected chi connectivity index (χ3v) is 4.54. The van der Waals surface area contributed by atoms with Crippen LogP contribution < -0.4 is 5.73 Å². The molecule has 2 aliphatic heterocycles. The first-order valence-corrected chi connectivity index (χ1v) is 7.38. The highest BCUT2D eigenvalue weighted by molar-refractivity contribution is 5.85. The van der Waals surface area contributed by atoms with Crippen LogP contribution in [0.3, 0.4) is 0 Å². The molecular weight excluding hydrogens is 297 g/mol. The van der Waals surface area contributed by atoms with Gasteiger partial charge in [-0.25, -0.2) is 0 Å². The van der Waals surface area contributed by atoms with Crippen molar-refractivity contribution in [1.29, 1.82) is 0 Å². The SMILES string of the molecule is CC(N)C(C)C(=O)N1CCCC(N2CCCC2)C1.Cl.Cl. The van der Waals surface area contributed by atoms with Crippen LogP contribution in [-0.4, -0.2) is 54.0 Å². The molecule has 0 aromatic rings. The highest BCUT2D eigenvalue weighted by Gasteiger charge is 2.31. The monoisotopic (exact) mass is 325 g/mol. The van der Waals surface area contributed by atoms with Gasteiger partial charge in [-0.15, -0.1) is 24.8 Å². The van der Waals surface area contributed by atoms with E-state index in [4.69, 9.17) is 5.73 Å². The van der Waals surface area contributed by atoms with Gasteiger partial charge in [0.25, 0.3) is 0 Å². The van der Waals surface area contributed by atoms with Crippen LogP contribution in [0.25, 0.3) is 0 Å². The highest BCUT2D eigenvalue weighted by Crippen LogP contribution is 2.21. The molecule has 4 nitrogen and oxygen atoms in total. The van der Waals surface area contributed by atoms with Gasteiger partial charge in [-0.1, -0.05) is 6.92 Å². The van der Waals surface area contributed by atoms with E-state index in [9.17, 15) is 4.79 Å². The molecular formula is C14H29Cl2N3O. The average Bonchev–Trinajstić information content (AvgIpc) is 2.91. The van der Waals surface area contributed by atoms with E-state index in [-0.39, 0.29) is 42.7 Å². The van der Waals surface area contributed by atoms with Gasteiger partial charge in [0, 0.05) is 25.2 Å². The first-order chi connectivity index (χ1) is 8.59. The van der Waals surface area contributed by atoms with Crippen LogP contribution in [0.5, 0.6) is 0 Å². The van der Waals surface area contributed by atoms with Gasteiger partial charge < -0.3 is 10.6 Å². The molecule has 3 unspecified atom stereocenters. The third kappa shape index (κ3) is 4.76. The zero-order chi connectivity index (χ0) is 13.1. The first-order valence-electron chi connectivity index (χ1n) is 7.38. The summed E-state index contributed by atoms with van der Waals surface area (Å²) in [4.78, 5) is 16.9. The second-order valence-corrected chi connectivity index (χ2v) is 5.97. The van der Waals surface area contributed by atoms with Crippen LogP contribution >= 0.6 is 24.8 Å². The molecule has 2 fully saturated rings. The summed E-state index contributed by atoms with van der Waals surface area (Å²) in [6.45, 7) is 8.14. The summed E-state index contributed by atoms with van der Waals surface area (Å²) in [5, 5.41) is 0. The molecule has 120 valence electrons. The van der Waals surface area contributed by atoms with Crippen LogP contribution in [0.1, 0.15) is 39.5 Å². The standard InChI is InChI=1S/C14H27N3O.2ClH/c1-11(12(2)15)14(18)17-9-5-6-13(10-17)16-7-3-4-8-16;;/h11-13H,3-10,15H2,1-2H3;2*1H. The van der Waals surface area contributed by atoms with E-state index in [1.54, 1.807) is 0 Å². The average molecular weight is 326 g/mol. The third-order valence-electron chi connectivity index (χ3n) is 4.54. The molecule has 0 spiro atoms. The summed E-state index contributed by atoms with van der Waals surface area (Å²) in [6, 6.07) is 0.537. The molecule has 2 aliphatic rings. The molecule has 0 radical (unpaired) electrons. The van der Waals surface area contributed by atoms with Crippen molar-refractivity contribution in [1.82, 2.24) is 9.80 Å². The normalized spacial score (nSPS) is 26.4. The number of hydrogen-bond acceptors (Lipinski definition) is 3. The topological polar surface area (TPSA) is 49.6 Å². The van der Waals surface area contributed by atoms with Gasteiger partial charge in [0.15, 0.2) is 0 Å². The molecule has 2 saturated heterocycles. The molecule has 20 heavy (non-hydrogen) atoms. The number of amides is 1. The van der Waals surface area contributed by atoms with Gasteiger partial charge >= 0.3 is 0 Å². The first kappa shape index (κ1) is 20.0. The summed E-state index contributed by atoms with van der Waals surface area (Å²) >= 11 is 0. The van der Waals surface area contributed by atoms with Crippen molar-refractivity contribution < 1.29 is 4.79 Å². The Morgan fingerprint density at radius 1 is 1.10 bits per heavy atom. The molecule has 3 atom stereocenters. The van der Waals surface area contributed by atoms with Gasteiger partial charge in [-0.3, -0.25) is 9.69 Å². The predicted molar refractivity (Wildman–Crippen MR) is 87.7 cm³/mol. The Kier molecular flexibility index (Phi) is 9.07. The number of carbonyl (C=O) groups is 1.